The fourth-order valence-electron chi connectivity index (χ4n) is 1.83. The van der Waals surface area contributed by atoms with Crippen molar-refractivity contribution in [3.05, 3.63) is 64.6 Å². The van der Waals surface area contributed by atoms with Crippen LogP contribution in [0, 0.1) is 18.8 Å². The predicted octanol–water partition coefficient (Wildman–Crippen LogP) is 4.54. The summed E-state index contributed by atoms with van der Waals surface area (Å²) in [6, 6.07) is 15.4. The number of rotatable bonds is 3. The second-order valence-electron chi connectivity index (χ2n) is 4.72. The van der Waals surface area contributed by atoms with Crippen LogP contribution in [0.3, 0.4) is 0 Å². The van der Waals surface area contributed by atoms with E-state index in [1.807, 2.05) is 62.4 Å². The third kappa shape index (κ3) is 3.29. The lowest BCUT2D eigenvalue weighted by molar-refractivity contribution is 1.10. The van der Waals surface area contributed by atoms with E-state index in [4.69, 9.17) is 0 Å². The van der Waals surface area contributed by atoms with E-state index in [2.05, 4.69) is 10.3 Å². The average Bonchev–Trinajstić information content (AvgIpc) is 2.44. The summed E-state index contributed by atoms with van der Waals surface area (Å²) in [4.78, 5) is 15.5. The Labute approximate surface area is 118 Å². The quantitative estimate of drug-likeness (QED) is 0.354. The highest BCUT2D eigenvalue weighted by molar-refractivity contribution is 5.96. The summed E-state index contributed by atoms with van der Waals surface area (Å²) in [5.41, 5.74) is 3.81. The molecule has 2 aromatic carbocycles. The Morgan fingerprint density at radius 3 is 1.90 bits per heavy atom. The fraction of sp³-hybridized carbons (Fsp3) is 0.188. The number of benzene rings is 2. The van der Waals surface area contributed by atoms with Gasteiger partial charge in [0.2, 0.25) is 0 Å². The van der Waals surface area contributed by atoms with E-state index >= 15 is 0 Å². The fourth-order valence-corrected chi connectivity index (χ4v) is 1.83. The molecule has 0 N–H and O–H groups in total. The first-order valence-corrected chi connectivity index (χ1v) is 6.42. The summed E-state index contributed by atoms with van der Waals surface area (Å²) in [6.45, 7) is 5.78. The van der Waals surface area contributed by atoms with Gasteiger partial charge < -0.3 is 0 Å². The first-order valence-electron chi connectivity index (χ1n) is 6.42. The topological polar surface area (TPSA) is 45.0 Å². The minimum absolute atomic E-state index is 0.535. The second kappa shape index (κ2) is 6.10. The summed E-state index contributed by atoms with van der Waals surface area (Å²) < 4.78 is 0. The van der Waals surface area contributed by atoms with E-state index in [-0.39, 0.29) is 0 Å². The van der Waals surface area contributed by atoms with Crippen LogP contribution in [0.25, 0.3) is 0 Å². The molecule has 4 nitrogen and oxygen atoms in total. The summed E-state index contributed by atoms with van der Waals surface area (Å²) in [6.07, 6.45) is 0. The molecule has 0 aliphatic carbocycles. The number of nitrogens with zero attached hydrogens (tertiary/aromatic N) is 3. The van der Waals surface area contributed by atoms with Gasteiger partial charge in [0.1, 0.15) is 5.84 Å². The van der Waals surface area contributed by atoms with Crippen molar-refractivity contribution in [3.8, 4) is 0 Å². The minimum atomic E-state index is 0.535. The maximum atomic E-state index is 11.1. The zero-order chi connectivity index (χ0) is 14.5. The molecule has 102 valence electrons. The van der Waals surface area contributed by atoms with Crippen molar-refractivity contribution in [1.82, 2.24) is 0 Å². The lowest BCUT2D eigenvalue weighted by Gasteiger charge is -2.14. The molecule has 0 atom stereocenters. The van der Waals surface area contributed by atoms with E-state index in [9.17, 15) is 4.91 Å². The van der Waals surface area contributed by atoms with Crippen molar-refractivity contribution in [2.75, 3.05) is 5.01 Å². The number of hydrogen-bond acceptors (Lipinski definition) is 3. The molecule has 0 amide bonds. The van der Waals surface area contributed by atoms with Crippen LogP contribution >= 0.6 is 0 Å². The summed E-state index contributed by atoms with van der Waals surface area (Å²) in [5, 5.41) is 4.35. The smallest absolute Gasteiger partial charge is 0.131 e. The molecule has 2 rings (SSSR count). The minimum Gasteiger partial charge on any atom is -0.234 e. The van der Waals surface area contributed by atoms with Gasteiger partial charge in [-0.1, -0.05) is 35.4 Å². The normalized spacial score (nSPS) is 11.2. The Kier molecular flexibility index (Phi) is 4.25. The highest BCUT2D eigenvalue weighted by atomic mass is 16.3. The molecule has 0 heterocycles. The number of nitroso groups, excluding NO2 is 1. The molecule has 0 spiro atoms. The van der Waals surface area contributed by atoms with Crippen LogP contribution in [0.4, 0.5) is 11.4 Å². The van der Waals surface area contributed by atoms with E-state index in [1.54, 1.807) is 6.92 Å². The van der Waals surface area contributed by atoms with Crippen LogP contribution < -0.4 is 5.01 Å². The zero-order valence-corrected chi connectivity index (χ0v) is 11.9. The Morgan fingerprint density at radius 1 is 0.900 bits per heavy atom. The highest BCUT2D eigenvalue weighted by Crippen LogP contribution is 2.19. The zero-order valence-electron chi connectivity index (χ0n) is 11.9. The first-order chi connectivity index (χ1) is 9.60. The number of aliphatic imine (C=N–C) groups is 1. The van der Waals surface area contributed by atoms with Crippen molar-refractivity contribution in [3.63, 3.8) is 0 Å². The van der Waals surface area contributed by atoms with E-state index < -0.39 is 0 Å². The third-order valence-electron chi connectivity index (χ3n) is 2.99. The maximum Gasteiger partial charge on any atom is 0.131 e. The molecule has 0 saturated heterocycles. The summed E-state index contributed by atoms with van der Waals surface area (Å²) in [7, 11) is 0. The third-order valence-corrected chi connectivity index (χ3v) is 2.99. The largest absolute Gasteiger partial charge is 0.234 e. The number of aryl methyl sites for hydroxylation is 2. The van der Waals surface area contributed by atoms with Crippen molar-refractivity contribution >= 4 is 17.2 Å². The van der Waals surface area contributed by atoms with E-state index in [1.165, 1.54) is 10.6 Å². The first kappa shape index (κ1) is 13.9. The van der Waals surface area contributed by atoms with Crippen LogP contribution in [0.2, 0.25) is 0 Å². The lowest BCUT2D eigenvalue weighted by Crippen LogP contribution is -2.21. The van der Waals surface area contributed by atoms with E-state index in [0.717, 1.165) is 11.3 Å². The van der Waals surface area contributed by atoms with Crippen molar-refractivity contribution in [1.29, 1.82) is 0 Å². The van der Waals surface area contributed by atoms with Gasteiger partial charge in [0.15, 0.2) is 0 Å². The van der Waals surface area contributed by atoms with Gasteiger partial charge in [0, 0.05) is 0 Å². The molecular weight excluding hydrogens is 250 g/mol. The molecule has 0 bridgehead atoms. The van der Waals surface area contributed by atoms with Gasteiger partial charge in [-0.15, -0.1) is 4.91 Å². The second-order valence-corrected chi connectivity index (χ2v) is 4.72. The molecule has 0 saturated carbocycles. The van der Waals surface area contributed by atoms with Gasteiger partial charge in [0.25, 0.3) is 0 Å². The molecule has 4 heteroatoms. The van der Waals surface area contributed by atoms with Gasteiger partial charge in [0.05, 0.1) is 16.7 Å². The Hall–Kier alpha value is -2.49. The Morgan fingerprint density at radius 2 is 1.40 bits per heavy atom. The van der Waals surface area contributed by atoms with Gasteiger partial charge in [-0.05, 0) is 45.0 Å². The van der Waals surface area contributed by atoms with Crippen molar-refractivity contribution in [2.24, 2.45) is 10.3 Å². The van der Waals surface area contributed by atoms with Gasteiger partial charge >= 0.3 is 0 Å². The van der Waals surface area contributed by atoms with Crippen LogP contribution in [-0.4, -0.2) is 5.84 Å². The van der Waals surface area contributed by atoms with Crippen molar-refractivity contribution < 1.29 is 0 Å². The lowest BCUT2D eigenvalue weighted by atomic mass is 10.2. The SMILES string of the molecule is CC(=Nc1ccc(C)cc1)N(N=O)c1ccc(C)cc1. The van der Waals surface area contributed by atoms with E-state index in [0.29, 0.717) is 11.5 Å². The average molecular weight is 267 g/mol. The molecule has 2 aromatic rings. The highest BCUT2D eigenvalue weighted by Gasteiger charge is 2.10. The molecule has 0 aromatic heterocycles. The van der Waals surface area contributed by atoms with Crippen molar-refractivity contribution in [2.45, 2.75) is 20.8 Å². The Balaban J connectivity index is 2.28. The number of hydrogen-bond donors (Lipinski definition) is 0. The molecule has 0 aliphatic rings. The number of anilines is 1. The van der Waals surface area contributed by atoms with Gasteiger partial charge in [-0.2, -0.15) is 5.01 Å². The van der Waals surface area contributed by atoms with Gasteiger partial charge in [-0.3, -0.25) is 0 Å². The molecule has 0 aliphatic heterocycles. The van der Waals surface area contributed by atoms with Crippen LogP contribution in [0.15, 0.2) is 58.8 Å². The number of amidine groups is 1. The Bertz CT molecular complexity index is 615. The molecular formula is C16H17N3O. The van der Waals surface area contributed by atoms with Gasteiger partial charge in [-0.25, -0.2) is 4.99 Å². The summed E-state index contributed by atoms with van der Waals surface area (Å²) in [5.74, 6) is 0.535. The molecule has 0 fully saturated rings. The van der Waals surface area contributed by atoms with Crippen LogP contribution in [-0.2, 0) is 0 Å². The molecule has 0 radical (unpaired) electrons. The van der Waals surface area contributed by atoms with Crippen LogP contribution in [0.1, 0.15) is 18.1 Å². The monoisotopic (exact) mass is 267 g/mol. The molecule has 20 heavy (non-hydrogen) atoms. The summed E-state index contributed by atoms with van der Waals surface area (Å²) >= 11 is 0. The maximum absolute atomic E-state index is 11.1. The standard InChI is InChI=1S/C16H17N3O/c1-12-4-8-15(9-5-12)17-14(3)19(18-20)16-10-6-13(2)7-11-16/h4-11H,1-3H3. The van der Waals surface area contributed by atoms with Crippen LogP contribution in [0.5, 0.6) is 0 Å². The molecule has 0 unspecified atom stereocenters. The predicted molar refractivity (Wildman–Crippen MR) is 83.4 cm³/mol.